The quantitative estimate of drug-likeness (QED) is 0.461. The summed E-state index contributed by atoms with van der Waals surface area (Å²) in [6.45, 7) is 1.33. The summed E-state index contributed by atoms with van der Waals surface area (Å²) in [7, 11) is -7.24. The number of anilines is 1. The molecule has 0 atom stereocenters. The van der Waals surface area contributed by atoms with Gasteiger partial charge in [0.25, 0.3) is 0 Å². The minimum absolute atomic E-state index is 0.105. The Labute approximate surface area is 211 Å². The summed E-state index contributed by atoms with van der Waals surface area (Å²) in [5.41, 5.74) is 1.79. The molecule has 11 heteroatoms. The first kappa shape index (κ1) is 25.8. The molecule has 9 nitrogen and oxygen atoms in total. The van der Waals surface area contributed by atoms with Crippen molar-refractivity contribution in [3.05, 3.63) is 84.2 Å². The highest BCUT2D eigenvalue weighted by Gasteiger charge is 2.26. The van der Waals surface area contributed by atoms with Crippen LogP contribution in [0.5, 0.6) is 0 Å². The Hall–Kier alpha value is -3.28. The van der Waals surface area contributed by atoms with Gasteiger partial charge >= 0.3 is 6.03 Å². The Kier molecular flexibility index (Phi) is 8.02. The van der Waals surface area contributed by atoms with E-state index in [0.29, 0.717) is 30.9 Å². The highest BCUT2D eigenvalue weighted by molar-refractivity contribution is 7.90. The maximum absolute atomic E-state index is 12.9. The number of nitrogens with zero attached hydrogens (tertiary/aromatic N) is 2. The molecule has 4 rings (SSSR count). The van der Waals surface area contributed by atoms with Crippen LogP contribution < -0.4 is 10.6 Å². The molecule has 2 aromatic carbocycles. The van der Waals surface area contributed by atoms with E-state index < -0.39 is 25.9 Å². The Morgan fingerprint density at radius 3 is 2.14 bits per heavy atom. The number of carbonyl (C=O) groups is 1. The van der Waals surface area contributed by atoms with E-state index >= 15 is 0 Å². The van der Waals surface area contributed by atoms with Crippen molar-refractivity contribution >= 4 is 31.6 Å². The Morgan fingerprint density at radius 2 is 1.50 bits per heavy atom. The second-order valence-corrected chi connectivity index (χ2v) is 12.5. The van der Waals surface area contributed by atoms with Crippen LogP contribution >= 0.6 is 0 Å². The Balaban J connectivity index is 1.35. The van der Waals surface area contributed by atoms with E-state index in [1.807, 2.05) is 6.07 Å². The highest BCUT2D eigenvalue weighted by atomic mass is 32.2. The first-order valence-electron chi connectivity index (χ1n) is 11.6. The first-order valence-corrected chi connectivity index (χ1v) is 14.7. The summed E-state index contributed by atoms with van der Waals surface area (Å²) < 4.78 is 52.9. The number of sulfone groups is 1. The number of benzene rings is 2. The van der Waals surface area contributed by atoms with Gasteiger partial charge in [0.1, 0.15) is 0 Å². The van der Waals surface area contributed by atoms with Gasteiger partial charge in [0.05, 0.1) is 15.5 Å². The summed E-state index contributed by atoms with van der Waals surface area (Å²) in [6.07, 6.45) is 6.02. The molecule has 1 saturated heterocycles. The fourth-order valence-corrected chi connectivity index (χ4v) is 6.79. The molecule has 2 heterocycles. The average Bonchev–Trinajstić information content (AvgIpc) is 2.89. The number of aromatic nitrogens is 1. The van der Waals surface area contributed by atoms with Crippen LogP contribution in [0.4, 0.5) is 10.5 Å². The van der Waals surface area contributed by atoms with Crippen LogP contribution in [-0.2, 0) is 32.2 Å². The van der Waals surface area contributed by atoms with Crippen molar-refractivity contribution in [2.75, 3.05) is 18.4 Å². The standard InChI is InChI=1S/C25H28N4O5S2/c30-25(27-18-21-5-4-14-26-17-21)28-22-8-12-23(13-9-22)35(31,32)19-20-6-10-24(11-7-20)36(33,34)29-15-2-1-3-16-29/h4-14,17H,1-3,15-16,18-19H2,(H2,27,28,30). The van der Waals surface area contributed by atoms with Crippen LogP contribution in [-0.4, -0.2) is 45.2 Å². The second kappa shape index (κ2) is 11.2. The van der Waals surface area contributed by atoms with Crippen LogP contribution in [0.3, 0.4) is 0 Å². The minimum Gasteiger partial charge on any atom is -0.334 e. The third kappa shape index (κ3) is 6.48. The van der Waals surface area contributed by atoms with Gasteiger partial charge in [-0.25, -0.2) is 21.6 Å². The third-order valence-corrected chi connectivity index (χ3v) is 9.50. The van der Waals surface area contributed by atoms with E-state index in [1.165, 1.54) is 52.8 Å². The number of amides is 2. The first-order chi connectivity index (χ1) is 17.2. The third-order valence-electron chi connectivity index (χ3n) is 5.88. The van der Waals surface area contributed by atoms with Crippen molar-refractivity contribution in [1.29, 1.82) is 0 Å². The molecule has 3 aromatic rings. The summed E-state index contributed by atoms with van der Waals surface area (Å²) in [5.74, 6) is -0.268. The molecule has 36 heavy (non-hydrogen) atoms. The highest BCUT2D eigenvalue weighted by Crippen LogP contribution is 2.23. The van der Waals surface area contributed by atoms with E-state index in [-0.39, 0.29) is 15.5 Å². The monoisotopic (exact) mass is 528 g/mol. The molecule has 2 amide bonds. The normalized spacial score (nSPS) is 14.8. The lowest BCUT2D eigenvalue weighted by Gasteiger charge is -2.25. The van der Waals surface area contributed by atoms with Gasteiger partial charge in [-0.2, -0.15) is 4.31 Å². The van der Waals surface area contributed by atoms with Crippen molar-refractivity contribution in [2.45, 2.75) is 41.4 Å². The number of piperidine rings is 1. The van der Waals surface area contributed by atoms with Crippen molar-refractivity contribution in [1.82, 2.24) is 14.6 Å². The summed E-state index contributed by atoms with van der Waals surface area (Å²) in [4.78, 5) is 16.4. The number of hydrogen-bond acceptors (Lipinski definition) is 6. The lowest BCUT2D eigenvalue weighted by molar-refractivity contribution is 0.251. The summed E-state index contributed by atoms with van der Waals surface area (Å²) in [5, 5.41) is 5.37. The van der Waals surface area contributed by atoms with Gasteiger partial charge in [-0.3, -0.25) is 4.98 Å². The van der Waals surface area contributed by atoms with Gasteiger partial charge in [-0.15, -0.1) is 0 Å². The smallest absolute Gasteiger partial charge is 0.319 e. The lowest BCUT2D eigenvalue weighted by Crippen LogP contribution is -2.35. The van der Waals surface area contributed by atoms with Crippen molar-refractivity contribution in [3.63, 3.8) is 0 Å². The van der Waals surface area contributed by atoms with Crippen LogP contribution in [0.15, 0.2) is 82.8 Å². The second-order valence-electron chi connectivity index (χ2n) is 8.56. The molecule has 1 fully saturated rings. The largest absolute Gasteiger partial charge is 0.334 e. The SMILES string of the molecule is O=C(NCc1cccnc1)Nc1ccc(S(=O)(=O)Cc2ccc(S(=O)(=O)N3CCCCC3)cc2)cc1. The lowest BCUT2D eigenvalue weighted by atomic mass is 10.2. The number of carbonyl (C=O) groups excluding carboxylic acids is 1. The number of urea groups is 1. The molecule has 2 N–H and O–H groups in total. The minimum atomic E-state index is -3.67. The number of hydrogen-bond donors (Lipinski definition) is 2. The van der Waals surface area contributed by atoms with E-state index in [0.717, 1.165) is 24.8 Å². The molecule has 1 aromatic heterocycles. The molecular weight excluding hydrogens is 500 g/mol. The van der Waals surface area contributed by atoms with Gasteiger partial charge in [0, 0.05) is 37.7 Å². The Morgan fingerprint density at radius 1 is 0.833 bits per heavy atom. The van der Waals surface area contributed by atoms with E-state index in [2.05, 4.69) is 15.6 Å². The number of sulfonamides is 1. The topological polar surface area (TPSA) is 126 Å². The molecule has 0 saturated carbocycles. The zero-order valence-electron chi connectivity index (χ0n) is 19.6. The van der Waals surface area contributed by atoms with Crippen molar-refractivity contribution < 1.29 is 21.6 Å². The van der Waals surface area contributed by atoms with Crippen molar-refractivity contribution in [3.8, 4) is 0 Å². The predicted octanol–water partition coefficient (Wildman–Crippen LogP) is 3.55. The van der Waals surface area contributed by atoms with Crippen LogP contribution in [0.1, 0.15) is 30.4 Å². The van der Waals surface area contributed by atoms with Crippen LogP contribution in [0.2, 0.25) is 0 Å². The molecule has 1 aliphatic rings. The van der Waals surface area contributed by atoms with E-state index in [1.54, 1.807) is 18.5 Å². The van der Waals surface area contributed by atoms with Crippen molar-refractivity contribution in [2.24, 2.45) is 0 Å². The molecule has 0 unspecified atom stereocenters. The van der Waals surface area contributed by atoms with Gasteiger partial charge in [-0.05, 0) is 66.4 Å². The number of pyridine rings is 1. The van der Waals surface area contributed by atoms with Crippen LogP contribution in [0, 0.1) is 0 Å². The molecule has 190 valence electrons. The summed E-state index contributed by atoms with van der Waals surface area (Å²) >= 11 is 0. The van der Waals surface area contributed by atoms with E-state index in [4.69, 9.17) is 0 Å². The molecule has 0 radical (unpaired) electrons. The Bertz CT molecular complexity index is 1390. The zero-order chi connectivity index (χ0) is 25.6. The fraction of sp³-hybridized carbons (Fsp3) is 0.280. The molecule has 1 aliphatic heterocycles. The molecule has 0 spiro atoms. The predicted molar refractivity (Wildman–Crippen MR) is 136 cm³/mol. The molecule has 0 bridgehead atoms. The number of nitrogens with one attached hydrogen (secondary N) is 2. The van der Waals surface area contributed by atoms with E-state index in [9.17, 15) is 21.6 Å². The fourth-order valence-electron chi connectivity index (χ4n) is 3.92. The summed E-state index contributed by atoms with van der Waals surface area (Å²) in [6, 6.07) is 15.1. The molecular formula is C25H28N4O5S2. The number of rotatable bonds is 8. The maximum Gasteiger partial charge on any atom is 0.319 e. The van der Waals surface area contributed by atoms with Gasteiger partial charge in [0.2, 0.25) is 10.0 Å². The maximum atomic E-state index is 12.9. The zero-order valence-corrected chi connectivity index (χ0v) is 21.3. The van der Waals surface area contributed by atoms with Gasteiger partial charge in [-0.1, -0.05) is 24.6 Å². The van der Waals surface area contributed by atoms with Gasteiger partial charge < -0.3 is 10.6 Å². The molecule has 0 aliphatic carbocycles. The average molecular weight is 529 g/mol. The van der Waals surface area contributed by atoms with Gasteiger partial charge in [0.15, 0.2) is 9.84 Å². The van der Waals surface area contributed by atoms with Crippen LogP contribution in [0.25, 0.3) is 0 Å².